The third kappa shape index (κ3) is 1.43. The van der Waals surface area contributed by atoms with Crippen molar-refractivity contribution < 1.29 is 5.21 Å². The van der Waals surface area contributed by atoms with Crippen LogP contribution < -0.4 is 0 Å². The third-order valence-electron chi connectivity index (χ3n) is 1.76. The molecular weight excluding hydrogens is 158 g/mol. The lowest BCUT2D eigenvalue weighted by atomic mass is 10.1. The van der Waals surface area contributed by atoms with Crippen LogP contribution in [0.4, 0.5) is 0 Å². The molecule has 0 aliphatic heterocycles. The van der Waals surface area contributed by atoms with Gasteiger partial charge in [-0.1, -0.05) is 19.1 Å². The van der Waals surface area contributed by atoms with E-state index in [1.54, 1.807) is 6.20 Å². The average Bonchev–Trinajstić information content (AvgIpc) is 1.99. The minimum atomic E-state index is 0.521. The Kier molecular flexibility index (Phi) is 2.29. The highest BCUT2D eigenvalue weighted by Crippen LogP contribution is 2.09. The quantitative estimate of drug-likeness (QED) is 0.515. The molecule has 0 atom stereocenters. The summed E-state index contributed by atoms with van der Waals surface area (Å²) in [5, 5.41) is 9.17. The molecule has 0 aliphatic carbocycles. The van der Waals surface area contributed by atoms with Crippen LogP contribution in [0.3, 0.4) is 0 Å². The van der Waals surface area contributed by atoms with Crippen molar-refractivity contribution in [3.8, 4) is 0 Å². The van der Waals surface area contributed by atoms with Gasteiger partial charge in [-0.15, -0.1) is 0 Å². The minimum Gasteiger partial charge on any atom is -0.428 e. The second-order valence-corrected chi connectivity index (χ2v) is 2.87. The Balaban J connectivity index is 3.41. The molecule has 0 amide bonds. The van der Waals surface area contributed by atoms with Gasteiger partial charge in [-0.3, -0.25) is 0 Å². The second kappa shape index (κ2) is 3.05. The second-order valence-electron chi connectivity index (χ2n) is 2.48. The van der Waals surface area contributed by atoms with Gasteiger partial charge in [0.15, 0.2) is 0 Å². The van der Waals surface area contributed by atoms with Gasteiger partial charge in [-0.2, -0.15) is 4.73 Å². The topological polar surface area (TPSA) is 25.2 Å². The monoisotopic (exact) mass is 169 g/mol. The van der Waals surface area contributed by atoms with Crippen molar-refractivity contribution in [1.82, 2.24) is 4.73 Å². The molecule has 0 unspecified atom stereocenters. The number of aromatic nitrogens is 1. The van der Waals surface area contributed by atoms with Crippen LogP contribution in [0.25, 0.3) is 0 Å². The van der Waals surface area contributed by atoms with E-state index in [4.69, 9.17) is 17.4 Å². The Morgan fingerprint density at radius 3 is 2.73 bits per heavy atom. The van der Waals surface area contributed by atoms with Crippen LogP contribution in [0.15, 0.2) is 12.3 Å². The third-order valence-corrected chi connectivity index (χ3v) is 2.19. The Bertz CT molecular complexity index is 316. The van der Waals surface area contributed by atoms with Crippen molar-refractivity contribution in [2.24, 2.45) is 0 Å². The molecule has 0 aromatic carbocycles. The summed E-state index contributed by atoms with van der Waals surface area (Å²) < 4.78 is 1.51. The largest absolute Gasteiger partial charge is 0.428 e. The van der Waals surface area contributed by atoms with Gasteiger partial charge in [-0.05, 0) is 30.5 Å². The van der Waals surface area contributed by atoms with E-state index in [0.717, 1.165) is 22.3 Å². The molecule has 1 rings (SSSR count). The van der Waals surface area contributed by atoms with E-state index in [2.05, 4.69) is 0 Å². The number of hydrogen-bond acceptors (Lipinski definition) is 2. The molecule has 11 heavy (non-hydrogen) atoms. The summed E-state index contributed by atoms with van der Waals surface area (Å²) in [6.45, 7) is 4.02. The van der Waals surface area contributed by atoms with Crippen LogP contribution in [0.2, 0.25) is 0 Å². The predicted molar refractivity (Wildman–Crippen MR) is 46.6 cm³/mol. The fourth-order valence-electron chi connectivity index (χ4n) is 1.09. The van der Waals surface area contributed by atoms with Gasteiger partial charge in [0.2, 0.25) is 0 Å². The maximum atomic E-state index is 9.17. The molecule has 60 valence electrons. The maximum Gasteiger partial charge on any atom is 0.145 e. The highest BCUT2D eigenvalue weighted by atomic mass is 32.1. The molecule has 1 N–H and O–H groups in total. The summed E-state index contributed by atoms with van der Waals surface area (Å²) in [6.07, 6.45) is 2.43. The lowest BCUT2D eigenvalue weighted by Gasteiger charge is -2.04. The van der Waals surface area contributed by atoms with Crippen LogP contribution in [0.1, 0.15) is 18.1 Å². The Labute approximate surface area is 71.1 Å². The average molecular weight is 169 g/mol. The van der Waals surface area contributed by atoms with Gasteiger partial charge in [0, 0.05) is 6.20 Å². The summed E-state index contributed by atoms with van der Waals surface area (Å²) in [5.41, 5.74) is 2.19. The molecule has 0 bridgehead atoms. The van der Waals surface area contributed by atoms with Gasteiger partial charge in [0.05, 0.1) is 0 Å². The SMILES string of the molecule is CCc1c(C)ccn(O)c1=S. The number of pyridine rings is 1. The molecule has 2 nitrogen and oxygen atoms in total. The lowest BCUT2D eigenvalue weighted by molar-refractivity contribution is 0.179. The van der Waals surface area contributed by atoms with E-state index in [1.165, 1.54) is 0 Å². The summed E-state index contributed by atoms with van der Waals surface area (Å²) in [7, 11) is 0. The zero-order chi connectivity index (χ0) is 8.43. The highest BCUT2D eigenvalue weighted by molar-refractivity contribution is 7.71. The lowest BCUT2D eigenvalue weighted by Crippen LogP contribution is -1.99. The molecule has 1 aromatic heterocycles. The molecule has 0 radical (unpaired) electrons. The normalized spacial score (nSPS) is 10.0. The van der Waals surface area contributed by atoms with E-state index in [0.29, 0.717) is 4.64 Å². The summed E-state index contributed by atoms with van der Waals surface area (Å²) in [4.78, 5) is 0. The summed E-state index contributed by atoms with van der Waals surface area (Å²) >= 11 is 4.99. The Hall–Kier alpha value is -0.830. The van der Waals surface area contributed by atoms with Crippen molar-refractivity contribution in [3.63, 3.8) is 0 Å². The van der Waals surface area contributed by atoms with Crippen LogP contribution >= 0.6 is 12.2 Å². The van der Waals surface area contributed by atoms with Gasteiger partial charge >= 0.3 is 0 Å². The van der Waals surface area contributed by atoms with E-state index in [9.17, 15) is 0 Å². The fraction of sp³-hybridized carbons (Fsp3) is 0.375. The minimum absolute atomic E-state index is 0.521. The summed E-state index contributed by atoms with van der Waals surface area (Å²) in [6, 6.07) is 1.86. The van der Waals surface area contributed by atoms with Crippen LogP contribution in [-0.4, -0.2) is 9.94 Å². The maximum absolute atomic E-state index is 9.17. The molecule has 0 aliphatic rings. The molecule has 0 spiro atoms. The fourth-order valence-corrected chi connectivity index (χ4v) is 1.45. The van der Waals surface area contributed by atoms with Crippen molar-refractivity contribution in [3.05, 3.63) is 28.0 Å². The molecule has 1 heterocycles. The van der Waals surface area contributed by atoms with Crippen LogP contribution in [0.5, 0.6) is 0 Å². The molecule has 0 saturated carbocycles. The first-order valence-corrected chi connectivity index (χ1v) is 3.98. The van der Waals surface area contributed by atoms with Gasteiger partial charge in [0.25, 0.3) is 0 Å². The molecule has 0 fully saturated rings. The molecular formula is C8H11NOS. The number of aryl methyl sites for hydroxylation is 1. The van der Waals surface area contributed by atoms with Crippen molar-refractivity contribution >= 4 is 12.2 Å². The Morgan fingerprint density at radius 2 is 2.27 bits per heavy atom. The summed E-state index contributed by atoms with van der Waals surface area (Å²) in [5.74, 6) is 0. The smallest absolute Gasteiger partial charge is 0.145 e. The molecule has 0 saturated heterocycles. The van der Waals surface area contributed by atoms with Crippen molar-refractivity contribution in [1.29, 1.82) is 0 Å². The van der Waals surface area contributed by atoms with E-state index in [-0.39, 0.29) is 0 Å². The highest BCUT2D eigenvalue weighted by Gasteiger charge is 1.99. The standard InChI is InChI=1S/C8H11NOS/c1-3-7-6(2)4-5-9(10)8(7)11/h4-5,10H,3H2,1-2H3. The molecule has 1 aromatic rings. The Morgan fingerprint density at radius 1 is 1.64 bits per heavy atom. The van der Waals surface area contributed by atoms with Crippen molar-refractivity contribution in [2.45, 2.75) is 20.3 Å². The van der Waals surface area contributed by atoms with Gasteiger partial charge in [0.1, 0.15) is 4.64 Å². The first kappa shape index (κ1) is 8.27. The first-order valence-electron chi connectivity index (χ1n) is 3.57. The number of nitrogens with zero attached hydrogens (tertiary/aromatic N) is 1. The van der Waals surface area contributed by atoms with E-state index >= 15 is 0 Å². The van der Waals surface area contributed by atoms with Gasteiger partial charge in [-0.25, -0.2) is 0 Å². The van der Waals surface area contributed by atoms with Gasteiger partial charge < -0.3 is 5.21 Å². The predicted octanol–water partition coefficient (Wildman–Crippen LogP) is 2.33. The zero-order valence-electron chi connectivity index (χ0n) is 6.66. The van der Waals surface area contributed by atoms with Crippen molar-refractivity contribution in [2.75, 3.05) is 0 Å². The van der Waals surface area contributed by atoms with Crippen LogP contribution in [-0.2, 0) is 6.42 Å². The van der Waals surface area contributed by atoms with E-state index in [1.807, 2.05) is 19.9 Å². The first-order chi connectivity index (χ1) is 5.16. The number of rotatable bonds is 1. The molecule has 3 heteroatoms. The van der Waals surface area contributed by atoms with E-state index < -0.39 is 0 Å². The van der Waals surface area contributed by atoms with Crippen LogP contribution in [0, 0.1) is 11.6 Å². The number of hydrogen-bond donors (Lipinski definition) is 1. The zero-order valence-corrected chi connectivity index (χ0v) is 7.48.